The minimum absolute atomic E-state index is 0.0147. The monoisotopic (exact) mass is 384 g/mol. The molecule has 0 spiro atoms. The summed E-state index contributed by atoms with van der Waals surface area (Å²) in [5.74, 6) is -0.685. The number of hydrogen-bond donors (Lipinski definition) is 0. The van der Waals surface area contributed by atoms with Crippen molar-refractivity contribution in [1.29, 1.82) is 0 Å². The van der Waals surface area contributed by atoms with Crippen molar-refractivity contribution in [2.24, 2.45) is 5.92 Å². The Morgan fingerprint density at radius 2 is 1.81 bits per heavy atom. The zero-order valence-electron chi connectivity index (χ0n) is 15.5. The predicted molar refractivity (Wildman–Crippen MR) is 106 cm³/mol. The Morgan fingerprint density at radius 3 is 2.48 bits per heavy atom. The maximum atomic E-state index is 12.8. The van der Waals surface area contributed by atoms with Gasteiger partial charge in [0.1, 0.15) is 12.2 Å². The van der Waals surface area contributed by atoms with Crippen LogP contribution in [-0.2, 0) is 16.1 Å². The van der Waals surface area contributed by atoms with E-state index < -0.39 is 11.5 Å². The van der Waals surface area contributed by atoms with E-state index in [4.69, 9.17) is 20.8 Å². The van der Waals surface area contributed by atoms with Crippen LogP contribution in [0, 0.1) is 12.8 Å². The minimum Gasteiger partial charge on any atom is -0.460 e. The molecule has 0 radical (unpaired) electrons. The van der Waals surface area contributed by atoms with Gasteiger partial charge in [0.05, 0.1) is 5.92 Å². The van der Waals surface area contributed by atoms with Gasteiger partial charge in [0.15, 0.2) is 0 Å². The molecule has 0 fully saturated rings. The van der Waals surface area contributed by atoms with E-state index in [9.17, 15) is 9.59 Å². The van der Waals surface area contributed by atoms with E-state index in [1.165, 1.54) is 6.07 Å². The molecule has 0 aliphatic carbocycles. The topological polar surface area (TPSA) is 56.5 Å². The van der Waals surface area contributed by atoms with Crippen LogP contribution in [-0.4, -0.2) is 5.97 Å². The van der Waals surface area contributed by atoms with E-state index in [-0.39, 0.29) is 18.5 Å². The van der Waals surface area contributed by atoms with Gasteiger partial charge in [0.2, 0.25) is 0 Å². The van der Waals surface area contributed by atoms with Gasteiger partial charge in [-0.2, -0.15) is 0 Å². The number of hydrogen-bond acceptors (Lipinski definition) is 4. The van der Waals surface area contributed by atoms with Crippen molar-refractivity contribution in [2.45, 2.75) is 33.3 Å². The van der Waals surface area contributed by atoms with Crippen LogP contribution in [0.4, 0.5) is 0 Å². The summed E-state index contributed by atoms with van der Waals surface area (Å²) in [5, 5.41) is 1.38. The lowest BCUT2D eigenvalue weighted by molar-refractivity contribution is -0.147. The second kappa shape index (κ2) is 7.97. The highest BCUT2D eigenvalue weighted by atomic mass is 35.5. The largest absolute Gasteiger partial charge is 0.460 e. The highest BCUT2D eigenvalue weighted by Gasteiger charge is 2.26. The fourth-order valence-corrected chi connectivity index (χ4v) is 3.28. The second-order valence-electron chi connectivity index (χ2n) is 6.97. The van der Waals surface area contributed by atoms with Crippen molar-refractivity contribution in [2.75, 3.05) is 0 Å². The summed E-state index contributed by atoms with van der Waals surface area (Å²) in [6, 6.07) is 14.2. The maximum absolute atomic E-state index is 12.8. The van der Waals surface area contributed by atoms with E-state index in [0.717, 1.165) is 16.5 Å². The molecule has 140 valence electrons. The Balaban J connectivity index is 1.85. The van der Waals surface area contributed by atoms with Gasteiger partial charge in [0.25, 0.3) is 0 Å². The lowest BCUT2D eigenvalue weighted by Gasteiger charge is -2.20. The molecule has 1 heterocycles. The van der Waals surface area contributed by atoms with Crippen molar-refractivity contribution in [3.8, 4) is 0 Å². The first-order valence-electron chi connectivity index (χ1n) is 8.80. The van der Waals surface area contributed by atoms with E-state index >= 15 is 0 Å². The molecule has 27 heavy (non-hydrogen) atoms. The number of ether oxygens (including phenoxy) is 1. The summed E-state index contributed by atoms with van der Waals surface area (Å²) in [4.78, 5) is 24.6. The third-order valence-corrected chi connectivity index (χ3v) is 4.76. The number of fused-ring (bicyclic) bond motifs is 1. The molecule has 0 amide bonds. The zero-order chi connectivity index (χ0) is 19.6. The summed E-state index contributed by atoms with van der Waals surface area (Å²) in [6.07, 6.45) is 0. The molecule has 0 bridgehead atoms. The molecule has 5 heteroatoms. The fourth-order valence-electron chi connectivity index (χ4n) is 3.16. The van der Waals surface area contributed by atoms with Gasteiger partial charge in [-0.15, -0.1) is 0 Å². The Labute approximate surface area is 162 Å². The first kappa shape index (κ1) is 19.2. The van der Waals surface area contributed by atoms with Crippen LogP contribution >= 0.6 is 11.6 Å². The van der Waals surface area contributed by atoms with Gasteiger partial charge in [0, 0.05) is 22.0 Å². The van der Waals surface area contributed by atoms with Crippen molar-refractivity contribution in [3.05, 3.63) is 80.7 Å². The highest BCUT2D eigenvalue weighted by Crippen LogP contribution is 2.28. The normalized spacial score (nSPS) is 12.3. The SMILES string of the molecule is Cc1ccc2c(COC(=O)[C@H](c3ccc(Cl)cc3)C(C)C)cc(=O)oc2c1. The van der Waals surface area contributed by atoms with Gasteiger partial charge in [-0.25, -0.2) is 4.79 Å². The van der Waals surface area contributed by atoms with Gasteiger partial charge in [-0.3, -0.25) is 4.79 Å². The smallest absolute Gasteiger partial charge is 0.336 e. The minimum atomic E-state index is -0.461. The number of halogens is 1. The summed E-state index contributed by atoms with van der Waals surface area (Å²) in [7, 11) is 0. The average molecular weight is 385 g/mol. The van der Waals surface area contributed by atoms with Crippen molar-refractivity contribution in [1.82, 2.24) is 0 Å². The molecule has 4 nitrogen and oxygen atoms in total. The first-order valence-corrected chi connectivity index (χ1v) is 9.18. The quantitative estimate of drug-likeness (QED) is 0.446. The number of carbonyl (C=O) groups excluding carboxylic acids is 1. The van der Waals surface area contributed by atoms with E-state index in [2.05, 4.69) is 0 Å². The number of aryl methyl sites for hydroxylation is 1. The third-order valence-electron chi connectivity index (χ3n) is 4.51. The van der Waals surface area contributed by atoms with Crippen LogP contribution in [0.1, 0.15) is 36.5 Å². The van der Waals surface area contributed by atoms with E-state index in [0.29, 0.717) is 16.2 Å². The number of benzene rings is 2. The molecule has 0 saturated heterocycles. The molecular weight excluding hydrogens is 364 g/mol. The second-order valence-corrected chi connectivity index (χ2v) is 7.41. The number of carbonyl (C=O) groups is 1. The zero-order valence-corrected chi connectivity index (χ0v) is 16.2. The highest BCUT2D eigenvalue weighted by molar-refractivity contribution is 6.30. The van der Waals surface area contributed by atoms with E-state index in [1.807, 2.05) is 45.0 Å². The van der Waals surface area contributed by atoms with E-state index in [1.54, 1.807) is 18.2 Å². The van der Waals surface area contributed by atoms with Gasteiger partial charge in [-0.1, -0.05) is 49.7 Å². The first-order chi connectivity index (χ1) is 12.8. The van der Waals surface area contributed by atoms with Crippen LogP contribution in [0.3, 0.4) is 0 Å². The Kier molecular flexibility index (Phi) is 5.66. The summed E-state index contributed by atoms with van der Waals surface area (Å²) in [5.41, 5.74) is 2.51. The Hall–Kier alpha value is -2.59. The van der Waals surface area contributed by atoms with Gasteiger partial charge in [-0.05, 0) is 42.2 Å². The number of esters is 1. The third kappa shape index (κ3) is 4.40. The number of rotatable bonds is 5. The van der Waals surface area contributed by atoms with Crippen LogP contribution < -0.4 is 5.63 Å². The Morgan fingerprint density at radius 1 is 1.11 bits per heavy atom. The van der Waals surface area contributed by atoms with Crippen molar-refractivity contribution in [3.63, 3.8) is 0 Å². The molecule has 0 aliphatic heterocycles. The Bertz CT molecular complexity index is 1020. The lowest BCUT2D eigenvalue weighted by atomic mass is 9.88. The van der Waals surface area contributed by atoms with Crippen molar-refractivity contribution >= 4 is 28.5 Å². The summed E-state index contributed by atoms with van der Waals surface area (Å²) >= 11 is 5.94. The molecular formula is C22H21ClO4. The molecule has 2 aromatic carbocycles. The summed E-state index contributed by atoms with van der Waals surface area (Å²) in [6.45, 7) is 5.87. The standard InChI is InChI=1S/C22H21ClO4/c1-13(2)21(15-5-7-17(23)8-6-15)22(25)26-12-16-11-20(24)27-19-10-14(3)4-9-18(16)19/h4-11,13,21H,12H2,1-3H3/t21-/m0/s1. The van der Waals surface area contributed by atoms with Crippen LogP contribution in [0.5, 0.6) is 0 Å². The molecule has 1 atom stereocenters. The fraction of sp³-hybridized carbons (Fsp3) is 0.273. The molecule has 0 N–H and O–H groups in total. The van der Waals surface area contributed by atoms with Crippen LogP contribution in [0.25, 0.3) is 11.0 Å². The predicted octanol–water partition coefficient (Wildman–Crippen LogP) is 5.24. The average Bonchev–Trinajstić information content (AvgIpc) is 2.60. The van der Waals surface area contributed by atoms with Crippen molar-refractivity contribution < 1.29 is 13.9 Å². The molecule has 3 rings (SSSR count). The molecule has 0 aliphatic rings. The maximum Gasteiger partial charge on any atom is 0.336 e. The lowest BCUT2D eigenvalue weighted by Crippen LogP contribution is -2.21. The molecule has 3 aromatic rings. The van der Waals surface area contributed by atoms with Gasteiger partial charge < -0.3 is 9.15 Å². The van der Waals surface area contributed by atoms with Crippen LogP contribution in [0.2, 0.25) is 5.02 Å². The van der Waals surface area contributed by atoms with Crippen LogP contribution in [0.15, 0.2) is 57.7 Å². The van der Waals surface area contributed by atoms with Gasteiger partial charge >= 0.3 is 11.6 Å². The summed E-state index contributed by atoms with van der Waals surface area (Å²) < 4.78 is 10.8. The molecule has 1 aromatic heterocycles. The molecule has 0 saturated carbocycles. The molecule has 0 unspecified atom stereocenters.